The van der Waals surface area contributed by atoms with Crippen LogP contribution < -0.4 is 5.32 Å². The number of carbonyl (C=O) groups is 1. The van der Waals surface area contributed by atoms with Gasteiger partial charge >= 0.3 is 0 Å². The Kier molecular flexibility index (Phi) is 4.23. The minimum atomic E-state index is 0.132. The van der Waals surface area contributed by atoms with E-state index in [-0.39, 0.29) is 5.78 Å². The monoisotopic (exact) mass is 267 g/mol. The lowest BCUT2D eigenvalue weighted by Crippen LogP contribution is -2.16. The first-order valence-electron chi connectivity index (χ1n) is 6.89. The van der Waals surface area contributed by atoms with Crippen LogP contribution in [0, 0.1) is 27.7 Å². The summed E-state index contributed by atoms with van der Waals surface area (Å²) in [5.74, 6) is 0.132. The molecule has 0 amide bonds. The zero-order valence-electron chi connectivity index (χ0n) is 12.6. The molecule has 2 nitrogen and oxygen atoms in total. The molecule has 1 N–H and O–H groups in total. The Balaban J connectivity index is 2.13. The van der Waals surface area contributed by atoms with Crippen LogP contribution in [-0.4, -0.2) is 12.3 Å². The average Bonchev–Trinajstić information content (AvgIpc) is 2.43. The number of hydrogen-bond donors (Lipinski definition) is 1. The Bertz CT molecular complexity index is 644. The summed E-state index contributed by atoms with van der Waals surface area (Å²) < 4.78 is 0. The molecule has 0 aliphatic heterocycles. The van der Waals surface area contributed by atoms with Crippen molar-refractivity contribution in [1.29, 1.82) is 0 Å². The fourth-order valence-corrected chi connectivity index (χ4v) is 2.25. The Hall–Kier alpha value is -2.09. The molecule has 0 bridgehead atoms. The van der Waals surface area contributed by atoms with Gasteiger partial charge in [-0.15, -0.1) is 0 Å². The summed E-state index contributed by atoms with van der Waals surface area (Å²) in [4.78, 5) is 12.3. The summed E-state index contributed by atoms with van der Waals surface area (Å²) >= 11 is 0. The molecule has 0 atom stereocenters. The van der Waals surface area contributed by atoms with Crippen LogP contribution in [0.25, 0.3) is 0 Å². The maximum absolute atomic E-state index is 12.3. The van der Waals surface area contributed by atoms with Crippen molar-refractivity contribution in [2.24, 2.45) is 0 Å². The Morgan fingerprint density at radius 1 is 1.00 bits per heavy atom. The highest BCUT2D eigenvalue weighted by molar-refractivity contribution is 6.00. The van der Waals surface area contributed by atoms with Gasteiger partial charge in [0.05, 0.1) is 6.54 Å². The maximum atomic E-state index is 12.3. The third-order valence-corrected chi connectivity index (χ3v) is 3.74. The maximum Gasteiger partial charge on any atom is 0.182 e. The lowest BCUT2D eigenvalue weighted by Gasteiger charge is -2.12. The summed E-state index contributed by atoms with van der Waals surface area (Å²) in [5.41, 5.74) is 6.41. The second kappa shape index (κ2) is 5.91. The number of rotatable bonds is 4. The number of hydrogen-bond acceptors (Lipinski definition) is 2. The molecule has 0 fully saturated rings. The van der Waals surface area contributed by atoms with Crippen LogP contribution in [0.2, 0.25) is 0 Å². The van der Waals surface area contributed by atoms with Crippen LogP contribution in [0.5, 0.6) is 0 Å². The summed E-state index contributed by atoms with van der Waals surface area (Å²) in [6.45, 7) is 8.46. The molecule has 2 rings (SSSR count). The molecule has 2 aromatic carbocycles. The van der Waals surface area contributed by atoms with Crippen molar-refractivity contribution in [2.75, 3.05) is 11.9 Å². The molecule has 0 aromatic heterocycles. The van der Waals surface area contributed by atoms with E-state index in [4.69, 9.17) is 0 Å². The molecule has 0 aliphatic carbocycles. The zero-order valence-corrected chi connectivity index (χ0v) is 12.6. The Labute approximate surface area is 120 Å². The van der Waals surface area contributed by atoms with Gasteiger partial charge in [-0.25, -0.2) is 0 Å². The third-order valence-electron chi connectivity index (χ3n) is 3.74. The van der Waals surface area contributed by atoms with Crippen molar-refractivity contribution >= 4 is 11.5 Å². The van der Waals surface area contributed by atoms with Crippen molar-refractivity contribution < 1.29 is 4.79 Å². The van der Waals surface area contributed by atoms with Gasteiger partial charge in [-0.3, -0.25) is 4.79 Å². The highest BCUT2D eigenvalue weighted by Crippen LogP contribution is 2.18. The molecule has 0 unspecified atom stereocenters. The van der Waals surface area contributed by atoms with Crippen LogP contribution in [0.3, 0.4) is 0 Å². The molecule has 0 spiro atoms. The van der Waals surface area contributed by atoms with Crippen LogP contribution in [0.4, 0.5) is 5.69 Å². The summed E-state index contributed by atoms with van der Waals surface area (Å²) in [6.07, 6.45) is 0. The highest BCUT2D eigenvalue weighted by Gasteiger charge is 2.10. The first kappa shape index (κ1) is 14.3. The van der Waals surface area contributed by atoms with Gasteiger partial charge in [-0.05, 0) is 56.5 Å². The number of aryl methyl sites for hydroxylation is 3. The lowest BCUT2D eigenvalue weighted by atomic mass is 10.0. The van der Waals surface area contributed by atoms with Crippen LogP contribution in [0.15, 0.2) is 36.4 Å². The van der Waals surface area contributed by atoms with Gasteiger partial charge in [0.15, 0.2) is 5.78 Å². The molecule has 20 heavy (non-hydrogen) atoms. The molecule has 2 heteroatoms. The van der Waals surface area contributed by atoms with Crippen molar-refractivity contribution in [3.8, 4) is 0 Å². The largest absolute Gasteiger partial charge is 0.377 e. The smallest absolute Gasteiger partial charge is 0.182 e. The van der Waals surface area contributed by atoms with E-state index >= 15 is 0 Å². The van der Waals surface area contributed by atoms with Gasteiger partial charge in [0, 0.05) is 11.3 Å². The van der Waals surface area contributed by atoms with E-state index in [2.05, 4.69) is 25.2 Å². The molecule has 0 saturated carbocycles. The standard InChI is InChI=1S/C18H21NO/c1-12-8-9-14(3)16(10-12)18(20)11-19-17-7-5-6-13(2)15(17)4/h5-10,19H,11H2,1-4H3. The van der Waals surface area contributed by atoms with Crippen molar-refractivity contribution in [3.63, 3.8) is 0 Å². The minimum Gasteiger partial charge on any atom is -0.377 e. The van der Waals surface area contributed by atoms with E-state index in [1.807, 2.05) is 44.2 Å². The molecule has 2 aromatic rings. The predicted molar refractivity (Wildman–Crippen MR) is 84.7 cm³/mol. The van der Waals surface area contributed by atoms with Gasteiger partial charge in [0.25, 0.3) is 0 Å². The quantitative estimate of drug-likeness (QED) is 0.840. The average molecular weight is 267 g/mol. The number of Topliss-reactive ketones (excluding diaryl/α,β-unsaturated/α-hetero) is 1. The van der Waals surface area contributed by atoms with Gasteiger partial charge in [-0.1, -0.05) is 29.8 Å². The molecule has 0 saturated heterocycles. The van der Waals surface area contributed by atoms with Crippen molar-refractivity contribution in [1.82, 2.24) is 0 Å². The van der Waals surface area contributed by atoms with E-state index in [0.29, 0.717) is 6.54 Å². The highest BCUT2D eigenvalue weighted by atomic mass is 16.1. The number of anilines is 1. The molecule has 104 valence electrons. The van der Waals surface area contributed by atoms with Crippen LogP contribution >= 0.6 is 0 Å². The SMILES string of the molecule is Cc1ccc(C)c(C(=O)CNc2cccc(C)c2C)c1. The second-order valence-corrected chi connectivity index (χ2v) is 5.34. The van der Waals surface area contributed by atoms with Gasteiger partial charge in [0.1, 0.15) is 0 Å². The molecular weight excluding hydrogens is 246 g/mol. The molecule has 0 heterocycles. The number of ketones is 1. The number of benzene rings is 2. The van der Waals surface area contributed by atoms with Crippen LogP contribution in [0.1, 0.15) is 32.6 Å². The summed E-state index contributed by atoms with van der Waals surface area (Å²) in [6, 6.07) is 12.1. The van der Waals surface area contributed by atoms with E-state index in [9.17, 15) is 4.79 Å². The fraction of sp³-hybridized carbons (Fsp3) is 0.278. The van der Waals surface area contributed by atoms with Gasteiger partial charge in [-0.2, -0.15) is 0 Å². The second-order valence-electron chi connectivity index (χ2n) is 5.34. The fourth-order valence-electron chi connectivity index (χ4n) is 2.25. The van der Waals surface area contributed by atoms with Crippen molar-refractivity contribution in [2.45, 2.75) is 27.7 Å². The minimum absolute atomic E-state index is 0.132. The molecular formula is C18H21NO. The number of nitrogens with one attached hydrogen (secondary N) is 1. The summed E-state index contributed by atoms with van der Waals surface area (Å²) in [5, 5.41) is 3.25. The van der Waals surface area contributed by atoms with Crippen LogP contribution in [-0.2, 0) is 0 Å². The first-order chi connectivity index (χ1) is 9.49. The van der Waals surface area contributed by atoms with Gasteiger partial charge < -0.3 is 5.32 Å². The van der Waals surface area contributed by atoms with Crippen molar-refractivity contribution in [3.05, 3.63) is 64.2 Å². The van der Waals surface area contributed by atoms with Gasteiger partial charge in [0.2, 0.25) is 0 Å². The number of carbonyl (C=O) groups excluding carboxylic acids is 1. The Morgan fingerprint density at radius 2 is 1.75 bits per heavy atom. The Morgan fingerprint density at radius 3 is 2.50 bits per heavy atom. The molecule has 0 aliphatic rings. The summed E-state index contributed by atoms with van der Waals surface area (Å²) in [7, 11) is 0. The van der Waals surface area contributed by atoms with E-state index in [1.165, 1.54) is 11.1 Å². The molecule has 0 radical (unpaired) electrons. The normalized spacial score (nSPS) is 10.4. The predicted octanol–water partition coefficient (Wildman–Crippen LogP) is 4.22. The first-order valence-corrected chi connectivity index (χ1v) is 6.89. The zero-order chi connectivity index (χ0) is 14.7. The van der Waals surface area contributed by atoms with E-state index in [1.54, 1.807) is 0 Å². The van der Waals surface area contributed by atoms with E-state index in [0.717, 1.165) is 22.4 Å². The lowest BCUT2D eigenvalue weighted by molar-refractivity contribution is 0.101. The topological polar surface area (TPSA) is 29.1 Å². The third kappa shape index (κ3) is 3.08. The van der Waals surface area contributed by atoms with E-state index < -0.39 is 0 Å².